The summed E-state index contributed by atoms with van der Waals surface area (Å²) in [4.78, 5) is 25.1. The molecular formula is C15H22N4O2. The average molecular weight is 290 g/mol. The lowest BCUT2D eigenvalue weighted by Gasteiger charge is -2.33. The molecule has 114 valence electrons. The van der Waals surface area contributed by atoms with Crippen LogP contribution in [0.5, 0.6) is 0 Å². The van der Waals surface area contributed by atoms with Crippen LogP contribution in [-0.4, -0.2) is 48.9 Å². The van der Waals surface area contributed by atoms with Crippen LogP contribution in [0.25, 0.3) is 0 Å². The molecule has 21 heavy (non-hydrogen) atoms. The Labute approximate surface area is 124 Å². The van der Waals surface area contributed by atoms with Gasteiger partial charge in [0.25, 0.3) is 0 Å². The highest BCUT2D eigenvalue weighted by Gasteiger charge is 2.20. The molecule has 6 heteroatoms. The Balaban J connectivity index is 1.85. The number of carbonyl (C=O) groups excluding carboxylic acids is 2. The number of carbonyl (C=O) groups is 2. The maximum atomic E-state index is 12.0. The smallest absolute Gasteiger partial charge is 0.238 e. The van der Waals surface area contributed by atoms with Crippen molar-refractivity contribution >= 4 is 23.2 Å². The Bertz CT molecular complexity index is 501. The summed E-state index contributed by atoms with van der Waals surface area (Å²) in [5, 5.41) is 8.87. The minimum atomic E-state index is -0.112. The predicted molar refractivity (Wildman–Crippen MR) is 83.3 cm³/mol. The monoisotopic (exact) mass is 290 g/mol. The van der Waals surface area contributed by atoms with Crippen molar-refractivity contribution in [1.82, 2.24) is 10.2 Å². The van der Waals surface area contributed by atoms with Crippen molar-refractivity contribution in [2.75, 3.05) is 36.8 Å². The molecule has 1 atom stereocenters. The molecule has 1 aliphatic heterocycles. The third kappa shape index (κ3) is 4.84. The largest absolute Gasteiger partial charge is 0.326 e. The van der Waals surface area contributed by atoms with Crippen molar-refractivity contribution in [1.29, 1.82) is 0 Å². The van der Waals surface area contributed by atoms with Crippen molar-refractivity contribution in [2.45, 2.75) is 19.9 Å². The van der Waals surface area contributed by atoms with Crippen molar-refractivity contribution in [3.05, 3.63) is 24.3 Å². The molecule has 1 fully saturated rings. The molecule has 1 aromatic rings. The van der Waals surface area contributed by atoms with Gasteiger partial charge in [0.1, 0.15) is 0 Å². The second-order valence-electron chi connectivity index (χ2n) is 5.33. The lowest BCUT2D eigenvalue weighted by Crippen LogP contribution is -2.51. The summed E-state index contributed by atoms with van der Waals surface area (Å²) in [6.45, 7) is 6.69. The van der Waals surface area contributed by atoms with E-state index in [9.17, 15) is 9.59 Å². The zero-order chi connectivity index (χ0) is 15.2. The van der Waals surface area contributed by atoms with Gasteiger partial charge < -0.3 is 16.0 Å². The SMILES string of the molecule is CC(=O)Nc1ccc(NC(=O)CN2CCNC[C@H]2C)cc1. The van der Waals surface area contributed by atoms with Crippen LogP contribution in [0.2, 0.25) is 0 Å². The molecule has 0 saturated carbocycles. The Morgan fingerprint density at radius 1 is 1.24 bits per heavy atom. The molecule has 0 aromatic heterocycles. The first-order valence-electron chi connectivity index (χ1n) is 7.17. The van der Waals surface area contributed by atoms with E-state index in [0.29, 0.717) is 12.6 Å². The van der Waals surface area contributed by atoms with Crippen molar-refractivity contribution in [3.63, 3.8) is 0 Å². The molecule has 0 spiro atoms. The fraction of sp³-hybridized carbons (Fsp3) is 0.467. The molecule has 0 bridgehead atoms. The molecule has 2 amide bonds. The molecule has 1 saturated heterocycles. The summed E-state index contributed by atoms with van der Waals surface area (Å²) in [5.74, 6) is -0.129. The minimum absolute atomic E-state index is 0.0176. The van der Waals surface area contributed by atoms with Crippen molar-refractivity contribution < 1.29 is 9.59 Å². The number of benzene rings is 1. The Morgan fingerprint density at radius 3 is 2.43 bits per heavy atom. The average Bonchev–Trinajstić information content (AvgIpc) is 2.43. The van der Waals surface area contributed by atoms with Crippen LogP contribution in [0.3, 0.4) is 0 Å². The molecule has 1 heterocycles. The van der Waals surface area contributed by atoms with Gasteiger partial charge in [-0.1, -0.05) is 0 Å². The van der Waals surface area contributed by atoms with Crippen LogP contribution in [0.4, 0.5) is 11.4 Å². The zero-order valence-electron chi connectivity index (χ0n) is 12.5. The number of hydrogen-bond acceptors (Lipinski definition) is 4. The molecular weight excluding hydrogens is 268 g/mol. The standard InChI is InChI=1S/C15H22N4O2/c1-11-9-16-7-8-19(11)10-15(21)18-14-5-3-13(4-6-14)17-12(2)20/h3-6,11,16H,7-10H2,1-2H3,(H,17,20)(H,18,21)/t11-/m1/s1. The zero-order valence-corrected chi connectivity index (χ0v) is 12.5. The third-order valence-corrected chi connectivity index (χ3v) is 3.47. The Morgan fingerprint density at radius 2 is 1.86 bits per heavy atom. The number of rotatable bonds is 4. The van der Waals surface area contributed by atoms with Crippen LogP contribution in [0, 0.1) is 0 Å². The second-order valence-corrected chi connectivity index (χ2v) is 5.33. The van der Waals surface area contributed by atoms with E-state index in [0.717, 1.165) is 31.0 Å². The first-order chi connectivity index (χ1) is 10.0. The van der Waals surface area contributed by atoms with Gasteiger partial charge in [0.05, 0.1) is 6.54 Å². The van der Waals surface area contributed by atoms with E-state index in [1.165, 1.54) is 6.92 Å². The van der Waals surface area contributed by atoms with E-state index in [4.69, 9.17) is 0 Å². The molecule has 0 aliphatic carbocycles. The van der Waals surface area contributed by atoms with Gasteiger partial charge in [0.15, 0.2) is 0 Å². The van der Waals surface area contributed by atoms with Gasteiger partial charge in [0.2, 0.25) is 11.8 Å². The maximum absolute atomic E-state index is 12.0. The van der Waals surface area contributed by atoms with E-state index >= 15 is 0 Å². The first-order valence-corrected chi connectivity index (χ1v) is 7.17. The highest BCUT2D eigenvalue weighted by Crippen LogP contribution is 2.13. The topological polar surface area (TPSA) is 73.5 Å². The normalized spacial score (nSPS) is 19.0. The molecule has 3 N–H and O–H groups in total. The second kappa shape index (κ2) is 7.19. The number of nitrogens with one attached hydrogen (secondary N) is 3. The van der Waals surface area contributed by atoms with Gasteiger partial charge in [-0.25, -0.2) is 0 Å². The highest BCUT2D eigenvalue weighted by atomic mass is 16.2. The molecule has 1 aromatic carbocycles. The fourth-order valence-corrected chi connectivity index (χ4v) is 2.34. The van der Waals surface area contributed by atoms with Gasteiger partial charge in [0, 0.05) is 44.0 Å². The summed E-state index contributed by atoms with van der Waals surface area (Å²) in [6, 6.07) is 7.47. The molecule has 2 rings (SSSR count). The fourth-order valence-electron chi connectivity index (χ4n) is 2.34. The number of anilines is 2. The van der Waals surface area contributed by atoms with Crippen LogP contribution in [0.1, 0.15) is 13.8 Å². The van der Waals surface area contributed by atoms with E-state index < -0.39 is 0 Å². The van der Waals surface area contributed by atoms with Gasteiger partial charge in [-0.05, 0) is 31.2 Å². The first kappa shape index (κ1) is 15.5. The van der Waals surface area contributed by atoms with E-state index in [2.05, 4.69) is 27.8 Å². The summed E-state index contributed by atoms with van der Waals surface area (Å²) >= 11 is 0. The van der Waals surface area contributed by atoms with Gasteiger partial charge in [-0.15, -0.1) is 0 Å². The lowest BCUT2D eigenvalue weighted by atomic mass is 10.2. The van der Waals surface area contributed by atoms with Gasteiger partial charge >= 0.3 is 0 Å². The number of piperazine rings is 1. The van der Waals surface area contributed by atoms with Crippen molar-refractivity contribution in [2.24, 2.45) is 0 Å². The van der Waals surface area contributed by atoms with E-state index in [1.807, 2.05) is 0 Å². The molecule has 0 radical (unpaired) electrons. The molecule has 6 nitrogen and oxygen atoms in total. The summed E-state index contributed by atoms with van der Waals surface area (Å²) < 4.78 is 0. The van der Waals surface area contributed by atoms with Crippen LogP contribution < -0.4 is 16.0 Å². The van der Waals surface area contributed by atoms with Crippen LogP contribution in [0.15, 0.2) is 24.3 Å². The highest BCUT2D eigenvalue weighted by molar-refractivity contribution is 5.93. The quantitative estimate of drug-likeness (QED) is 0.769. The molecule has 1 aliphatic rings. The van der Waals surface area contributed by atoms with E-state index in [-0.39, 0.29) is 11.8 Å². The lowest BCUT2D eigenvalue weighted by molar-refractivity contribution is -0.118. The summed E-state index contributed by atoms with van der Waals surface area (Å²) in [6.07, 6.45) is 0. The summed E-state index contributed by atoms with van der Waals surface area (Å²) in [5.41, 5.74) is 1.45. The number of amides is 2. The summed E-state index contributed by atoms with van der Waals surface area (Å²) in [7, 11) is 0. The number of hydrogen-bond donors (Lipinski definition) is 3. The van der Waals surface area contributed by atoms with E-state index in [1.54, 1.807) is 24.3 Å². The predicted octanol–water partition coefficient (Wildman–Crippen LogP) is 0.877. The molecule has 0 unspecified atom stereocenters. The Hall–Kier alpha value is -1.92. The van der Waals surface area contributed by atoms with Crippen LogP contribution in [-0.2, 0) is 9.59 Å². The third-order valence-electron chi connectivity index (χ3n) is 3.47. The maximum Gasteiger partial charge on any atom is 0.238 e. The Kier molecular flexibility index (Phi) is 5.30. The van der Waals surface area contributed by atoms with Crippen LogP contribution >= 0.6 is 0 Å². The van der Waals surface area contributed by atoms with Crippen molar-refractivity contribution in [3.8, 4) is 0 Å². The number of nitrogens with zero attached hydrogens (tertiary/aromatic N) is 1. The minimum Gasteiger partial charge on any atom is -0.326 e. The van der Waals surface area contributed by atoms with Gasteiger partial charge in [-0.3, -0.25) is 14.5 Å². The van der Waals surface area contributed by atoms with Gasteiger partial charge in [-0.2, -0.15) is 0 Å².